The van der Waals surface area contributed by atoms with E-state index in [0.717, 1.165) is 13.0 Å². The highest BCUT2D eigenvalue weighted by molar-refractivity contribution is 5.97. The molecule has 2 heterocycles. The monoisotopic (exact) mass is 366 g/mol. The van der Waals surface area contributed by atoms with E-state index in [0.29, 0.717) is 28.0 Å². The summed E-state index contributed by atoms with van der Waals surface area (Å²) in [6.07, 6.45) is -4.65. The van der Waals surface area contributed by atoms with Crippen molar-refractivity contribution < 1.29 is 27.3 Å². The molecule has 2 aromatic heterocycles. The fraction of sp³-hybridized carbons (Fsp3) is 0.250. The number of anilines is 1. The predicted molar refractivity (Wildman–Crippen MR) is 84.7 cm³/mol. The van der Waals surface area contributed by atoms with Gasteiger partial charge in [0.25, 0.3) is 0 Å². The molecule has 0 fully saturated rings. The average Bonchev–Trinajstić information content (AvgIpc) is 2.99. The Bertz CT molecular complexity index is 998. The molecule has 0 spiro atoms. The summed E-state index contributed by atoms with van der Waals surface area (Å²) in [5.41, 5.74) is 8.55. The number of aryl methyl sites for hydroxylation is 1. The molecule has 136 valence electrons. The molecule has 0 unspecified atom stereocenters. The van der Waals surface area contributed by atoms with E-state index in [9.17, 15) is 18.0 Å². The van der Waals surface area contributed by atoms with Crippen molar-refractivity contribution in [2.24, 2.45) is 0 Å². The molecular weight excluding hydrogens is 353 g/mol. The lowest BCUT2D eigenvalue weighted by molar-refractivity contribution is -0.274. The van der Waals surface area contributed by atoms with Gasteiger partial charge in [-0.3, -0.25) is 4.79 Å². The molecule has 7 nitrogen and oxygen atoms in total. The minimum atomic E-state index is -4.89. The lowest BCUT2D eigenvalue weighted by Gasteiger charge is -2.14. The second-order valence-electron chi connectivity index (χ2n) is 5.64. The Hall–Kier alpha value is -3.17. The maximum atomic E-state index is 12.5. The van der Waals surface area contributed by atoms with Gasteiger partial charge < -0.3 is 10.5 Å². The van der Waals surface area contributed by atoms with E-state index in [1.54, 1.807) is 6.92 Å². The summed E-state index contributed by atoms with van der Waals surface area (Å²) < 4.78 is 45.9. The fourth-order valence-corrected chi connectivity index (χ4v) is 2.59. The number of hydrogen-bond donors (Lipinski definition) is 1. The molecule has 3 rings (SSSR count). The summed E-state index contributed by atoms with van der Waals surface area (Å²) in [6, 6.07) is 3.87. The number of nitrogen functional groups attached to an aromatic ring is 1. The molecule has 2 N–H and O–H groups in total. The van der Waals surface area contributed by atoms with E-state index < -0.39 is 17.9 Å². The van der Waals surface area contributed by atoms with Gasteiger partial charge in [-0.25, -0.2) is 9.61 Å². The molecule has 26 heavy (non-hydrogen) atoms. The SMILES string of the molecule is CC(=O)c1cc(Cc2c(C)nc3nonc3c2N)ccc1OC(F)(F)F. The number of pyridine rings is 1. The minimum Gasteiger partial charge on any atom is -0.405 e. The van der Waals surface area contributed by atoms with E-state index in [1.807, 2.05) is 0 Å². The van der Waals surface area contributed by atoms with Crippen LogP contribution in [0.1, 0.15) is 34.1 Å². The lowest BCUT2D eigenvalue weighted by atomic mass is 9.98. The van der Waals surface area contributed by atoms with Crippen LogP contribution in [0, 0.1) is 6.92 Å². The van der Waals surface area contributed by atoms with Gasteiger partial charge in [-0.2, -0.15) is 0 Å². The molecule has 1 aromatic carbocycles. The molecule has 3 aromatic rings. The topological polar surface area (TPSA) is 104 Å². The van der Waals surface area contributed by atoms with E-state index in [-0.39, 0.29) is 17.6 Å². The summed E-state index contributed by atoms with van der Waals surface area (Å²) in [4.78, 5) is 15.9. The highest BCUT2D eigenvalue weighted by Gasteiger charge is 2.32. The highest BCUT2D eigenvalue weighted by atomic mass is 19.4. The third-order valence-electron chi connectivity index (χ3n) is 3.79. The maximum absolute atomic E-state index is 12.5. The van der Waals surface area contributed by atoms with Gasteiger partial charge in [0, 0.05) is 17.7 Å². The van der Waals surface area contributed by atoms with E-state index in [4.69, 9.17) is 5.73 Å². The Labute approximate surface area is 144 Å². The molecule has 0 aliphatic heterocycles. The Morgan fingerprint density at radius 2 is 2.04 bits per heavy atom. The number of benzene rings is 1. The Balaban J connectivity index is 2.01. The van der Waals surface area contributed by atoms with Crippen molar-refractivity contribution in [2.45, 2.75) is 26.6 Å². The number of ketones is 1. The lowest BCUT2D eigenvalue weighted by Crippen LogP contribution is -2.19. The van der Waals surface area contributed by atoms with E-state index in [1.165, 1.54) is 12.1 Å². The van der Waals surface area contributed by atoms with Crippen LogP contribution in [0.5, 0.6) is 5.75 Å². The first-order chi connectivity index (χ1) is 12.2. The van der Waals surface area contributed by atoms with E-state index in [2.05, 4.69) is 24.7 Å². The van der Waals surface area contributed by atoms with Crippen LogP contribution in [0.3, 0.4) is 0 Å². The zero-order valence-electron chi connectivity index (χ0n) is 13.7. The first kappa shape index (κ1) is 17.6. The first-order valence-corrected chi connectivity index (χ1v) is 7.42. The average molecular weight is 366 g/mol. The smallest absolute Gasteiger partial charge is 0.405 e. The Kier molecular flexibility index (Phi) is 4.26. The zero-order chi connectivity index (χ0) is 19.1. The minimum absolute atomic E-state index is 0.173. The molecule has 0 aliphatic carbocycles. The van der Waals surface area contributed by atoms with Gasteiger partial charge in [0.15, 0.2) is 11.3 Å². The van der Waals surface area contributed by atoms with Gasteiger partial charge in [0.05, 0.1) is 11.3 Å². The number of nitrogens with zero attached hydrogens (tertiary/aromatic N) is 3. The van der Waals surface area contributed by atoms with Gasteiger partial charge in [0.2, 0.25) is 5.65 Å². The molecule has 0 saturated carbocycles. The summed E-state index contributed by atoms with van der Waals surface area (Å²) in [5, 5.41) is 7.32. The number of rotatable bonds is 4. The fourth-order valence-electron chi connectivity index (χ4n) is 2.59. The number of hydrogen-bond acceptors (Lipinski definition) is 7. The highest BCUT2D eigenvalue weighted by Crippen LogP contribution is 2.30. The van der Waals surface area contributed by atoms with Crippen LogP contribution < -0.4 is 10.5 Å². The third-order valence-corrected chi connectivity index (χ3v) is 3.79. The molecule has 0 amide bonds. The van der Waals surface area contributed by atoms with Gasteiger partial charge in [0.1, 0.15) is 5.75 Å². The van der Waals surface area contributed by atoms with Crippen LogP contribution in [0.2, 0.25) is 0 Å². The van der Waals surface area contributed by atoms with Gasteiger partial charge in [-0.1, -0.05) is 6.07 Å². The molecule has 0 aliphatic rings. The van der Waals surface area contributed by atoms with Gasteiger partial charge in [-0.05, 0) is 41.9 Å². The summed E-state index contributed by atoms with van der Waals surface area (Å²) in [7, 11) is 0. The largest absolute Gasteiger partial charge is 0.573 e. The number of carbonyl (C=O) groups is 1. The van der Waals surface area contributed by atoms with Crippen LogP contribution >= 0.6 is 0 Å². The number of carbonyl (C=O) groups excluding carboxylic acids is 1. The van der Waals surface area contributed by atoms with Crippen LogP contribution in [-0.2, 0) is 6.42 Å². The molecule has 0 saturated heterocycles. The predicted octanol–water partition coefficient (Wildman–Crippen LogP) is 3.20. The number of nitrogens with two attached hydrogens (primary N) is 1. The second kappa shape index (κ2) is 6.28. The van der Waals surface area contributed by atoms with Crippen molar-refractivity contribution in [3.8, 4) is 5.75 Å². The number of ether oxygens (including phenoxy) is 1. The van der Waals surface area contributed by atoms with Crippen LogP contribution in [0.4, 0.5) is 18.9 Å². The number of alkyl halides is 3. The van der Waals surface area contributed by atoms with Gasteiger partial charge in [-0.15, -0.1) is 13.2 Å². The number of halogens is 3. The summed E-state index contributed by atoms with van der Waals surface area (Å²) in [6.45, 7) is 2.88. The van der Waals surface area contributed by atoms with Crippen LogP contribution in [0.25, 0.3) is 11.2 Å². The molecule has 0 bridgehead atoms. The molecule has 10 heteroatoms. The number of Topliss-reactive ketones (excluding diaryl/α,β-unsaturated/α-hetero) is 1. The van der Waals surface area contributed by atoms with Crippen molar-refractivity contribution in [1.82, 2.24) is 15.3 Å². The number of aromatic nitrogens is 3. The molecular formula is C16H13F3N4O3. The van der Waals surface area contributed by atoms with Crippen molar-refractivity contribution in [2.75, 3.05) is 5.73 Å². The van der Waals surface area contributed by atoms with Gasteiger partial charge >= 0.3 is 6.36 Å². The maximum Gasteiger partial charge on any atom is 0.573 e. The molecule has 0 radical (unpaired) electrons. The van der Waals surface area contributed by atoms with Crippen LogP contribution in [-0.4, -0.2) is 27.4 Å². The quantitative estimate of drug-likeness (QED) is 0.707. The summed E-state index contributed by atoms with van der Waals surface area (Å²) >= 11 is 0. The van der Waals surface area contributed by atoms with Crippen molar-refractivity contribution in [3.05, 3.63) is 40.6 Å². The zero-order valence-corrected chi connectivity index (χ0v) is 13.7. The van der Waals surface area contributed by atoms with Crippen molar-refractivity contribution >= 4 is 22.6 Å². The number of fused-ring (bicyclic) bond motifs is 1. The van der Waals surface area contributed by atoms with Crippen LogP contribution in [0.15, 0.2) is 22.8 Å². The third kappa shape index (κ3) is 3.44. The Morgan fingerprint density at radius 1 is 1.31 bits per heavy atom. The summed E-state index contributed by atoms with van der Waals surface area (Å²) in [5.74, 6) is -1.10. The normalized spacial score (nSPS) is 11.7. The van der Waals surface area contributed by atoms with E-state index >= 15 is 0 Å². The Morgan fingerprint density at radius 3 is 2.69 bits per heavy atom. The molecule has 0 atom stereocenters. The van der Waals surface area contributed by atoms with Crippen molar-refractivity contribution in [3.63, 3.8) is 0 Å². The van der Waals surface area contributed by atoms with Crippen molar-refractivity contribution in [1.29, 1.82) is 0 Å². The standard InChI is InChI=1S/C16H13F3N4O3/c1-7-10(13(20)14-15(21-7)23-26-22-14)5-9-3-4-12(25-16(17,18)19)11(6-9)8(2)24/h3-4,6H,5,20H2,1-2H3. The second-order valence-corrected chi connectivity index (χ2v) is 5.64. The first-order valence-electron chi connectivity index (χ1n) is 7.42.